The third-order valence-electron chi connectivity index (χ3n) is 4.52. The Kier molecular flexibility index (Phi) is 4.20. The fourth-order valence-corrected chi connectivity index (χ4v) is 4.84. The number of carbonyl (C=O) groups excluding carboxylic acids is 1. The van der Waals surface area contributed by atoms with Crippen LogP contribution >= 0.6 is 0 Å². The van der Waals surface area contributed by atoms with E-state index >= 15 is 0 Å². The first-order valence-electron chi connectivity index (χ1n) is 7.56. The number of rotatable bonds is 3. The van der Waals surface area contributed by atoms with Gasteiger partial charge in [-0.15, -0.1) is 0 Å². The standard InChI is InChI=1S/C15H21N3O3S/c1-16-15(19)14-7-9-18(11-14)22(20,21)17-8-6-12-4-2-3-5-13(12)10-17/h2-5,14H,6-11H2,1H3,(H,16,19). The van der Waals surface area contributed by atoms with Crippen molar-refractivity contribution in [1.29, 1.82) is 0 Å². The van der Waals surface area contributed by atoms with Crippen LogP contribution in [-0.2, 0) is 28.0 Å². The van der Waals surface area contributed by atoms with Crippen molar-refractivity contribution in [2.45, 2.75) is 19.4 Å². The van der Waals surface area contributed by atoms with Crippen LogP contribution in [0.15, 0.2) is 24.3 Å². The van der Waals surface area contributed by atoms with Gasteiger partial charge in [0.1, 0.15) is 0 Å². The van der Waals surface area contributed by atoms with Crippen LogP contribution in [0.3, 0.4) is 0 Å². The highest BCUT2D eigenvalue weighted by Crippen LogP contribution is 2.26. The van der Waals surface area contributed by atoms with Gasteiger partial charge in [0, 0.05) is 33.2 Å². The van der Waals surface area contributed by atoms with Crippen molar-refractivity contribution in [3.8, 4) is 0 Å². The maximum atomic E-state index is 12.8. The van der Waals surface area contributed by atoms with Crippen LogP contribution in [0.4, 0.5) is 0 Å². The summed E-state index contributed by atoms with van der Waals surface area (Å²) in [4.78, 5) is 11.7. The summed E-state index contributed by atoms with van der Waals surface area (Å²) in [5, 5.41) is 2.60. The van der Waals surface area contributed by atoms with Crippen molar-refractivity contribution < 1.29 is 13.2 Å². The van der Waals surface area contributed by atoms with Gasteiger partial charge in [0.05, 0.1) is 5.92 Å². The molecular formula is C15H21N3O3S. The SMILES string of the molecule is CNC(=O)C1CCN(S(=O)(=O)N2CCc3ccccc3C2)C1. The molecule has 1 fully saturated rings. The Hall–Kier alpha value is -1.44. The predicted octanol–water partition coefficient (Wildman–Crippen LogP) is 0.357. The third kappa shape index (κ3) is 2.76. The summed E-state index contributed by atoms with van der Waals surface area (Å²) in [6.07, 6.45) is 1.32. The highest BCUT2D eigenvalue weighted by atomic mass is 32.2. The van der Waals surface area contributed by atoms with Crippen LogP contribution in [0.2, 0.25) is 0 Å². The Balaban J connectivity index is 1.74. The van der Waals surface area contributed by atoms with E-state index in [4.69, 9.17) is 0 Å². The van der Waals surface area contributed by atoms with Crippen LogP contribution in [0.25, 0.3) is 0 Å². The summed E-state index contributed by atoms with van der Waals surface area (Å²) >= 11 is 0. The molecule has 0 aromatic heterocycles. The van der Waals surface area contributed by atoms with Gasteiger partial charge in [-0.3, -0.25) is 4.79 Å². The molecule has 3 rings (SSSR count). The van der Waals surface area contributed by atoms with Gasteiger partial charge < -0.3 is 5.32 Å². The number of hydrogen-bond acceptors (Lipinski definition) is 3. The summed E-state index contributed by atoms with van der Waals surface area (Å²) in [5.74, 6) is -0.321. The average molecular weight is 323 g/mol. The molecule has 1 aromatic rings. The van der Waals surface area contributed by atoms with Crippen molar-refractivity contribution in [2.24, 2.45) is 5.92 Å². The first kappa shape index (κ1) is 15.5. The van der Waals surface area contributed by atoms with Crippen molar-refractivity contribution in [2.75, 3.05) is 26.7 Å². The van der Waals surface area contributed by atoms with Crippen LogP contribution in [0.5, 0.6) is 0 Å². The zero-order valence-corrected chi connectivity index (χ0v) is 13.5. The highest BCUT2D eigenvalue weighted by molar-refractivity contribution is 7.86. The topological polar surface area (TPSA) is 69.7 Å². The fourth-order valence-electron chi connectivity index (χ4n) is 3.19. The molecule has 0 bridgehead atoms. The molecule has 2 aliphatic rings. The van der Waals surface area contributed by atoms with Crippen molar-refractivity contribution >= 4 is 16.1 Å². The Labute approximate surface area is 131 Å². The molecule has 1 saturated heterocycles. The van der Waals surface area contributed by atoms with Gasteiger partial charge in [0.2, 0.25) is 5.91 Å². The van der Waals surface area contributed by atoms with E-state index in [1.54, 1.807) is 7.05 Å². The molecule has 1 amide bonds. The van der Waals surface area contributed by atoms with Gasteiger partial charge in [-0.25, -0.2) is 0 Å². The summed E-state index contributed by atoms with van der Waals surface area (Å²) in [6, 6.07) is 7.95. The molecule has 2 heterocycles. The molecule has 0 aliphatic carbocycles. The molecule has 22 heavy (non-hydrogen) atoms. The highest BCUT2D eigenvalue weighted by Gasteiger charge is 2.38. The molecule has 7 heteroatoms. The van der Waals surface area contributed by atoms with Gasteiger partial charge >= 0.3 is 0 Å². The molecule has 1 atom stereocenters. The van der Waals surface area contributed by atoms with Crippen LogP contribution in [0.1, 0.15) is 17.5 Å². The molecule has 0 radical (unpaired) electrons. The van der Waals surface area contributed by atoms with Crippen molar-refractivity contribution in [1.82, 2.24) is 13.9 Å². The maximum Gasteiger partial charge on any atom is 0.282 e. The second kappa shape index (κ2) is 5.98. The minimum atomic E-state index is -3.49. The number of benzene rings is 1. The van der Waals surface area contributed by atoms with Gasteiger partial charge in [-0.05, 0) is 24.0 Å². The maximum absolute atomic E-state index is 12.8. The number of amides is 1. The second-order valence-electron chi connectivity index (χ2n) is 5.82. The lowest BCUT2D eigenvalue weighted by atomic mass is 10.0. The van der Waals surface area contributed by atoms with Gasteiger partial charge in [0.15, 0.2) is 0 Å². The molecule has 6 nitrogen and oxygen atoms in total. The molecule has 120 valence electrons. The molecule has 1 N–H and O–H groups in total. The van der Waals surface area contributed by atoms with E-state index in [2.05, 4.69) is 11.4 Å². The number of nitrogens with zero attached hydrogens (tertiary/aromatic N) is 2. The quantitative estimate of drug-likeness (QED) is 0.873. The minimum Gasteiger partial charge on any atom is -0.359 e. The zero-order valence-electron chi connectivity index (χ0n) is 12.7. The molecule has 0 spiro atoms. The van der Waals surface area contributed by atoms with Gasteiger partial charge in [-0.1, -0.05) is 24.3 Å². The molecule has 0 saturated carbocycles. The molecular weight excluding hydrogens is 302 g/mol. The summed E-state index contributed by atoms with van der Waals surface area (Å²) in [5.41, 5.74) is 2.29. The Morgan fingerprint density at radius 1 is 1.18 bits per heavy atom. The van der Waals surface area contributed by atoms with E-state index in [1.165, 1.54) is 14.2 Å². The van der Waals surface area contributed by atoms with E-state index in [0.717, 1.165) is 12.0 Å². The smallest absolute Gasteiger partial charge is 0.282 e. The molecule has 1 aromatic carbocycles. The monoisotopic (exact) mass is 323 g/mol. The van der Waals surface area contributed by atoms with E-state index < -0.39 is 10.2 Å². The van der Waals surface area contributed by atoms with Gasteiger partial charge in [-0.2, -0.15) is 17.0 Å². The summed E-state index contributed by atoms with van der Waals surface area (Å²) < 4.78 is 28.5. The van der Waals surface area contributed by atoms with E-state index in [-0.39, 0.29) is 18.4 Å². The minimum absolute atomic E-state index is 0.0818. The lowest BCUT2D eigenvalue weighted by Gasteiger charge is -2.31. The van der Waals surface area contributed by atoms with E-state index in [0.29, 0.717) is 26.1 Å². The lowest BCUT2D eigenvalue weighted by molar-refractivity contribution is -0.124. The first-order valence-corrected chi connectivity index (χ1v) is 8.95. The number of fused-ring (bicyclic) bond motifs is 1. The van der Waals surface area contributed by atoms with E-state index in [1.807, 2.05) is 18.2 Å². The van der Waals surface area contributed by atoms with Crippen molar-refractivity contribution in [3.63, 3.8) is 0 Å². The first-order chi connectivity index (χ1) is 10.5. The lowest BCUT2D eigenvalue weighted by Crippen LogP contribution is -2.45. The van der Waals surface area contributed by atoms with Crippen LogP contribution < -0.4 is 5.32 Å². The van der Waals surface area contributed by atoms with Crippen LogP contribution in [0, 0.1) is 5.92 Å². The summed E-state index contributed by atoms with van der Waals surface area (Å²) in [7, 11) is -1.91. The number of hydrogen-bond donors (Lipinski definition) is 1. The Bertz CT molecular complexity index is 674. The zero-order chi connectivity index (χ0) is 15.7. The normalized spacial score (nSPS) is 23.2. The average Bonchev–Trinajstić information content (AvgIpc) is 3.04. The fraction of sp³-hybridized carbons (Fsp3) is 0.533. The Morgan fingerprint density at radius 2 is 1.91 bits per heavy atom. The van der Waals surface area contributed by atoms with Crippen LogP contribution in [-0.4, -0.2) is 49.6 Å². The largest absolute Gasteiger partial charge is 0.359 e. The third-order valence-corrected chi connectivity index (χ3v) is 6.46. The van der Waals surface area contributed by atoms with Gasteiger partial charge in [0.25, 0.3) is 10.2 Å². The molecule has 2 aliphatic heterocycles. The Morgan fingerprint density at radius 3 is 2.64 bits per heavy atom. The van der Waals surface area contributed by atoms with Crippen molar-refractivity contribution in [3.05, 3.63) is 35.4 Å². The number of nitrogens with one attached hydrogen (secondary N) is 1. The molecule has 1 unspecified atom stereocenters. The summed E-state index contributed by atoms with van der Waals surface area (Å²) in [6.45, 7) is 1.61. The second-order valence-corrected chi connectivity index (χ2v) is 7.75. The number of carbonyl (C=O) groups is 1. The predicted molar refractivity (Wildman–Crippen MR) is 83.2 cm³/mol. The van der Waals surface area contributed by atoms with E-state index in [9.17, 15) is 13.2 Å².